The molecule has 0 fully saturated rings. The number of rotatable bonds is 0. The van der Waals surface area contributed by atoms with E-state index in [1.165, 1.54) is 0 Å². The molecule has 1 N–H and O–H groups in total. The predicted octanol–water partition coefficient (Wildman–Crippen LogP) is 2.50. The van der Waals surface area contributed by atoms with E-state index < -0.39 is 8.07 Å². The molecular formula is C12H15N3Si. The molecule has 0 saturated carbocycles. The number of nitrogens with one attached hydrogen (secondary N) is 1. The molecule has 4 heteroatoms. The van der Waals surface area contributed by atoms with Crippen LogP contribution in [0.5, 0.6) is 0 Å². The number of aromatic amines is 1. The second-order valence-electron chi connectivity index (χ2n) is 4.88. The summed E-state index contributed by atoms with van der Waals surface area (Å²) in [6, 6.07) is 0. The van der Waals surface area contributed by atoms with Gasteiger partial charge in [-0.1, -0.05) is 25.6 Å². The van der Waals surface area contributed by atoms with Crippen LogP contribution in [0.2, 0.25) is 19.6 Å². The number of aromatic nitrogens is 3. The van der Waals surface area contributed by atoms with Crippen LogP contribution in [-0.2, 0) is 0 Å². The number of fused-ring (bicyclic) bond motifs is 1. The quantitative estimate of drug-likeness (QED) is 0.557. The maximum Gasteiger partial charge on any atom is 0.142 e. The van der Waals surface area contributed by atoms with Gasteiger partial charge in [0, 0.05) is 12.4 Å². The minimum Gasteiger partial charge on any atom is -0.345 e. The van der Waals surface area contributed by atoms with E-state index in [1.807, 2.05) is 19.3 Å². The third-order valence-electron chi connectivity index (χ3n) is 2.12. The summed E-state index contributed by atoms with van der Waals surface area (Å²) in [5, 5.41) is 1.01. The summed E-state index contributed by atoms with van der Waals surface area (Å²) in [6.45, 7) is 8.58. The Morgan fingerprint density at radius 2 is 2.06 bits per heavy atom. The minimum absolute atomic E-state index is 0.777. The standard InChI is InChI=1S/C12H15N3Si/c1-9-13-8-11-10(5-6-16(2,3)4)7-14-12(11)15-9/h7-8H,1-4H3,(H,13,14,15). The lowest BCUT2D eigenvalue weighted by Gasteiger charge is -2.02. The topological polar surface area (TPSA) is 41.6 Å². The van der Waals surface area contributed by atoms with Gasteiger partial charge in [0.2, 0.25) is 0 Å². The lowest BCUT2D eigenvalue weighted by Crippen LogP contribution is -2.16. The van der Waals surface area contributed by atoms with Gasteiger partial charge in [0.25, 0.3) is 0 Å². The second-order valence-corrected chi connectivity index (χ2v) is 9.63. The van der Waals surface area contributed by atoms with Gasteiger partial charge >= 0.3 is 0 Å². The van der Waals surface area contributed by atoms with Crippen LogP contribution in [0, 0.1) is 18.4 Å². The molecule has 2 rings (SSSR count). The second kappa shape index (κ2) is 3.76. The Bertz CT molecular complexity index is 582. The molecule has 0 radical (unpaired) electrons. The molecule has 0 bridgehead atoms. The van der Waals surface area contributed by atoms with E-state index in [4.69, 9.17) is 0 Å². The maximum atomic E-state index is 4.32. The molecule has 0 saturated heterocycles. The van der Waals surface area contributed by atoms with E-state index >= 15 is 0 Å². The molecule has 0 atom stereocenters. The fourth-order valence-electron chi connectivity index (χ4n) is 1.35. The first-order chi connectivity index (χ1) is 7.46. The summed E-state index contributed by atoms with van der Waals surface area (Å²) in [6.07, 6.45) is 3.74. The molecular weight excluding hydrogens is 214 g/mol. The Morgan fingerprint density at radius 1 is 1.31 bits per heavy atom. The molecule has 16 heavy (non-hydrogen) atoms. The highest BCUT2D eigenvalue weighted by Gasteiger charge is 2.08. The normalized spacial score (nSPS) is 11.2. The monoisotopic (exact) mass is 229 g/mol. The largest absolute Gasteiger partial charge is 0.345 e. The molecule has 0 aliphatic carbocycles. The average Bonchev–Trinajstić information content (AvgIpc) is 2.56. The van der Waals surface area contributed by atoms with Crippen molar-refractivity contribution in [2.24, 2.45) is 0 Å². The summed E-state index contributed by atoms with van der Waals surface area (Å²) in [5.74, 6) is 4.00. The van der Waals surface area contributed by atoms with Gasteiger partial charge in [-0.15, -0.1) is 5.54 Å². The van der Waals surface area contributed by atoms with E-state index in [0.717, 1.165) is 22.4 Å². The lowest BCUT2D eigenvalue weighted by molar-refractivity contribution is 1.08. The highest BCUT2D eigenvalue weighted by molar-refractivity contribution is 6.83. The zero-order chi connectivity index (χ0) is 11.8. The Labute approximate surface area is 96.3 Å². The third-order valence-corrected chi connectivity index (χ3v) is 3.00. The molecule has 82 valence electrons. The molecule has 0 aliphatic heterocycles. The molecule has 2 aromatic heterocycles. The Morgan fingerprint density at radius 3 is 2.75 bits per heavy atom. The van der Waals surface area contributed by atoms with E-state index in [2.05, 4.69) is 46.1 Å². The van der Waals surface area contributed by atoms with Crippen LogP contribution in [0.3, 0.4) is 0 Å². The molecule has 0 aliphatic rings. The summed E-state index contributed by atoms with van der Waals surface area (Å²) >= 11 is 0. The predicted molar refractivity (Wildman–Crippen MR) is 68.8 cm³/mol. The third kappa shape index (κ3) is 2.31. The fraction of sp³-hybridized carbons (Fsp3) is 0.333. The number of hydrogen-bond acceptors (Lipinski definition) is 2. The molecule has 2 aromatic rings. The molecule has 0 unspecified atom stereocenters. The Kier molecular flexibility index (Phi) is 2.56. The number of hydrogen-bond donors (Lipinski definition) is 1. The highest BCUT2D eigenvalue weighted by atomic mass is 28.3. The van der Waals surface area contributed by atoms with Gasteiger partial charge in [-0.2, -0.15) is 0 Å². The summed E-state index contributed by atoms with van der Waals surface area (Å²) < 4.78 is 0. The van der Waals surface area contributed by atoms with Gasteiger partial charge < -0.3 is 4.98 Å². The van der Waals surface area contributed by atoms with Crippen molar-refractivity contribution in [1.29, 1.82) is 0 Å². The van der Waals surface area contributed by atoms with Gasteiger partial charge in [-0.3, -0.25) is 0 Å². The van der Waals surface area contributed by atoms with Gasteiger partial charge in [0.05, 0.1) is 10.9 Å². The first kappa shape index (κ1) is 10.9. The zero-order valence-corrected chi connectivity index (χ0v) is 11.0. The van der Waals surface area contributed by atoms with Crippen LogP contribution in [0.15, 0.2) is 12.4 Å². The number of aryl methyl sites for hydroxylation is 1. The first-order valence-electron chi connectivity index (χ1n) is 5.30. The van der Waals surface area contributed by atoms with Crippen LogP contribution in [0.25, 0.3) is 11.0 Å². The van der Waals surface area contributed by atoms with Crippen molar-refractivity contribution in [3.63, 3.8) is 0 Å². The number of H-pyrrole nitrogens is 1. The average molecular weight is 229 g/mol. The van der Waals surface area contributed by atoms with E-state index in [1.54, 1.807) is 0 Å². The van der Waals surface area contributed by atoms with Crippen molar-refractivity contribution < 1.29 is 0 Å². The summed E-state index contributed by atoms with van der Waals surface area (Å²) in [7, 11) is -1.33. The van der Waals surface area contributed by atoms with Crippen molar-refractivity contribution >= 4 is 19.1 Å². The smallest absolute Gasteiger partial charge is 0.142 e. The van der Waals surface area contributed by atoms with Crippen LogP contribution < -0.4 is 0 Å². The van der Waals surface area contributed by atoms with Crippen LogP contribution in [-0.4, -0.2) is 23.0 Å². The van der Waals surface area contributed by atoms with Crippen molar-refractivity contribution in [2.45, 2.75) is 26.6 Å². The van der Waals surface area contributed by atoms with Gasteiger partial charge in [-0.25, -0.2) is 9.97 Å². The van der Waals surface area contributed by atoms with Crippen molar-refractivity contribution in [3.8, 4) is 11.5 Å². The van der Waals surface area contributed by atoms with Crippen LogP contribution >= 0.6 is 0 Å². The molecule has 0 spiro atoms. The number of nitrogens with zero attached hydrogens (tertiary/aromatic N) is 2. The maximum absolute atomic E-state index is 4.32. The van der Waals surface area contributed by atoms with E-state index in [-0.39, 0.29) is 0 Å². The highest BCUT2D eigenvalue weighted by Crippen LogP contribution is 2.14. The lowest BCUT2D eigenvalue weighted by atomic mass is 10.2. The van der Waals surface area contributed by atoms with Crippen molar-refractivity contribution in [1.82, 2.24) is 15.0 Å². The Hall–Kier alpha value is -1.60. The SMILES string of the molecule is Cc1ncc2c(C#C[Si](C)(C)C)c[nH]c2n1. The molecule has 0 amide bonds. The van der Waals surface area contributed by atoms with Crippen molar-refractivity contribution in [2.75, 3.05) is 0 Å². The van der Waals surface area contributed by atoms with Gasteiger partial charge in [-0.05, 0) is 6.92 Å². The Balaban J connectivity index is 2.50. The van der Waals surface area contributed by atoms with Crippen molar-refractivity contribution in [3.05, 3.63) is 23.8 Å². The van der Waals surface area contributed by atoms with Crippen LogP contribution in [0.1, 0.15) is 11.4 Å². The van der Waals surface area contributed by atoms with E-state index in [9.17, 15) is 0 Å². The fourth-order valence-corrected chi connectivity index (χ4v) is 1.86. The van der Waals surface area contributed by atoms with E-state index in [0.29, 0.717) is 0 Å². The molecule has 0 aromatic carbocycles. The van der Waals surface area contributed by atoms with Gasteiger partial charge in [0.15, 0.2) is 0 Å². The van der Waals surface area contributed by atoms with Crippen LogP contribution in [0.4, 0.5) is 0 Å². The molecule has 2 heterocycles. The summed E-state index contributed by atoms with van der Waals surface area (Å²) in [4.78, 5) is 11.6. The molecule has 3 nitrogen and oxygen atoms in total. The first-order valence-corrected chi connectivity index (χ1v) is 8.80. The minimum atomic E-state index is -1.33. The summed E-state index contributed by atoms with van der Waals surface area (Å²) in [5.41, 5.74) is 5.21. The zero-order valence-electron chi connectivity index (χ0n) is 10.0. The van der Waals surface area contributed by atoms with Gasteiger partial charge in [0.1, 0.15) is 19.5 Å².